The van der Waals surface area contributed by atoms with Gasteiger partial charge >= 0.3 is 6.03 Å². The van der Waals surface area contributed by atoms with E-state index in [2.05, 4.69) is 26.1 Å². The van der Waals surface area contributed by atoms with Gasteiger partial charge in [0.15, 0.2) is 3.95 Å². The molecule has 1 aromatic heterocycles. The lowest BCUT2D eigenvalue weighted by molar-refractivity contribution is -0.133. The average Bonchev–Trinajstić information content (AvgIpc) is 3.06. The summed E-state index contributed by atoms with van der Waals surface area (Å²) in [6.45, 7) is 2.78. The number of hydrogen-bond acceptors (Lipinski definition) is 6. The fourth-order valence-electron chi connectivity index (χ4n) is 2.73. The minimum absolute atomic E-state index is 0.0832. The van der Waals surface area contributed by atoms with Crippen molar-refractivity contribution in [2.75, 3.05) is 31.5 Å². The summed E-state index contributed by atoms with van der Waals surface area (Å²) in [5.41, 5.74) is 0.983. The lowest BCUT2D eigenvalue weighted by Gasteiger charge is -2.31. The number of piperazine rings is 1. The maximum atomic E-state index is 12.9. The molecule has 0 unspecified atom stereocenters. The Labute approximate surface area is 160 Å². The monoisotopic (exact) mass is 392 g/mol. The van der Waals surface area contributed by atoms with Gasteiger partial charge in [-0.3, -0.25) is 15.2 Å². The molecule has 4 N–H and O–H groups in total. The molecule has 26 heavy (non-hydrogen) atoms. The van der Waals surface area contributed by atoms with Gasteiger partial charge in [-0.15, -0.1) is 5.10 Å². The number of benzene rings is 1. The van der Waals surface area contributed by atoms with Crippen LogP contribution < -0.4 is 16.0 Å². The number of hydrogen-bond donors (Lipinski definition) is 4. The summed E-state index contributed by atoms with van der Waals surface area (Å²) >= 11 is 6.11. The first-order chi connectivity index (χ1) is 12.6. The van der Waals surface area contributed by atoms with Gasteiger partial charge in [0.2, 0.25) is 11.0 Å². The highest BCUT2D eigenvalue weighted by molar-refractivity contribution is 7.73. The van der Waals surface area contributed by atoms with Gasteiger partial charge in [-0.05, 0) is 17.8 Å². The van der Waals surface area contributed by atoms with Gasteiger partial charge in [0.05, 0.1) is 0 Å². The summed E-state index contributed by atoms with van der Waals surface area (Å²) < 4.78 is 0.470. The van der Waals surface area contributed by atoms with Crippen molar-refractivity contribution in [1.29, 1.82) is 0 Å². The standard InChI is InChI=1S/C16H20N6O2S2/c23-13(22-8-6-17-7-9-22)12(10-11-4-2-1-3-5-11)18-14(24)19-15-20-21-16(25)26-15/h1-5,12,17H,6-10H2,(H,21,25)(H2,18,19,20,24)/t12-/m0/s1. The molecule has 2 aromatic rings. The minimum Gasteiger partial charge on any atom is -0.338 e. The number of nitrogens with one attached hydrogen (secondary N) is 4. The second-order valence-electron chi connectivity index (χ2n) is 5.83. The van der Waals surface area contributed by atoms with E-state index in [-0.39, 0.29) is 5.91 Å². The number of rotatable bonds is 5. The number of urea groups is 1. The topological polar surface area (TPSA) is 102 Å². The molecule has 2 heterocycles. The zero-order chi connectivity index (χ0) is 18.4. The average molecular weight is 393 g/mol. The van der Waals surface area contributed by atoms with Gasteiger partial charge in [-0.25, -0.2) is 4.79 Å². The number of nitrogens with zero attached hydrogens (tertiary/aromatic N) is 2. The zero-order valence-electron chi connectivity index (χ0n) is 14.0. The van der Waals surface area contributed by atoms with Crippen LogP contribution in [0.1, 0.15) is 5.56 Å². The largest absolute Gasteiger partial charge is 0.338 e. The Morgan fingerprint density at radius 2 is 2.00 bits per heavy atom. The van der Waals surface area contributed by atoms with Crippen LogP contribution in [-0.4, -0.2) is 59.3 Å². The van der Waals surface area contributed by atoms with E-state index in [0.717, 1.165) is 30.0 Å². The van der Waals surface area contributed by atoms with Crippen molar-refractivity contribution in [3.63, 3.8) is 0 Å². The van der Waals surface area contributed by atoms with Crippen molar-refractivity contribution in [2.45, 2.75) is 12.5 Å². The second-order valence-corrected chi connectivity index (χ2v) is 7.50. The van der Waals surface area contributed by atoms with E-state index in [1.807, 2.05) is 30.3 Å². The molecule has 8 nitrogen and oxygen atoms in total. The Bertz CT molecular complexity index is 800. The normalized spacial score (nSPS) is 15.3. The van der Waals surface area contributed by atoms with Crippen molar-refractivity contribution in [2.24, 2.45) is 0 Å². The van der Waals surface area contributed by atoms with Gasteiger partial charge in [0.25, 0.3) is 0 Å². The zero-order valence-corrected chi connectivity index (χ0v) is 15.7. The van der Waals surface area contributed by atoms with Gasteiger partial charge < -0.3 is 15.5 Å². The molecule has 0 aliphatic carbocycles. The van der Waals surface area contributed by atoms with Crippen LogP contribution in [0, 0.1) is 3.95 Å². The quantitative estimate of drug-likeness (QED) is 0.576. The smallest absolute Gasteiger partial charge is 0.321 e. The molecular weight excluding hydrogens is 372 g/mol. The molecule has 10 heteroatoms. The van der Waals surface area contributed by atoms with E-state index < -0.39 is 12.1 Å². The van der Waals surface area contributed by atoms with Crippen LogP contribution in [0.25, 0.3) is 0 Å². The van der Waals surface area contributed by atoms with E-state index in [1.54, 1.807) is 4.90 Å². The van der Waals surface area contributed by atoms with Gasteiger partial charge in [0, 0.05) is 32.6 Å². The van der Waals surface area contributed by atoms with Gasteiger partial charge in [-0.2, -0.15) is 0 Å². The molecule has 0 radical (unpaired) electrons. The van der Waals surface area contributed by atoms with Crippen LogP contribution in [0.5, 0.6) is 0 Å². The number of aromatic amines is 1. The van der Waals surface area contributed by atoms with E-state index >= 15 is 0 Å². The molecule has 1 fully saturated rings. The second kappa shape index (κ2) is 8.88. The molecule has 0 bridgehead atoms. The first kappa shape index (κ1) is 18.5. The predicted octanol–water partition coefficient (Wildman–Crippen LogP) is 1.37. The van der Waals surface area contributed by atoms with Crippen LogP contribution in [0.4, 0.5) is 9.93 Å². The van der Waals surface area contributed by atoms with Crippen molar-refractivity contribution in [1.82, 2.24) is 25.7 Å². The number of amides is 3. The molecule has 138 valence electrons. The van der Waals surface area contributed by atoms with E-state index in [0.29, 0.717) is 28.6 Å². The SMILES string of the molecule is O=C(Nc1n[nH]c(=S)s1)N[C@@H](Cc1ccccc1)C(=O)N1CCNCC1. The Morgan fingerprint density at radius 1 is 1.27 bits per heavy atom. The van der Waals surface area contributed by atoms with Crippen molar-refractivity contribution in [3.05, 3.63) is 39.8 Å². The highest BCUT2D eigenvalue weighted by Crippen LogP contribution is 2.11. The van der Waals surface area contributed by atoms with E-state index in [4.69, 9.17) is 12.2 Å². The third-order valence-corrected chi connectivity index (χ3v) is 4.98. The van der Waals surface area contributed by atoms with Crippen LogP contribution in [0.3, 0.4) is 0 Å². The van der Waals surface area contributed by atoms with Crippen LogP contribution >= 0.6 is 23.6 Å². The summed E-state index contributed by atoms with van der Waals surface area (Å²) in [6.07, 6.45) is 0.424. The first-order valence-corrected chi connectivity index (χ1v) is 9.51. The molecule has 1 atom stereocenters. The minimum atomic E-state index is -0.651. The van der Waals surface area contributed by atoms with E-state index in [9.17, 15) is 9.59 Å². The van der Waals surface area contributed by atoms with E-state index in [1.165, 1.54) is 0 Å². The molecule has 3 rings (SSSR count). The lowest BCUT2D eigenvalue weighted by atomic mass is 10.0. The Balaban J connectivity index is 1.69. The molecule has 1 aliphatic heterocycles. The lowest BCUT2D eigenvalue weighted by Crippen LogP contribution is -2.55. The summed E-state index contributed by atoms with van der Waals surface area (Å²) in [5.74, 6) is -0.0832. The number of carbonyl (C=O) groups excluding carboxylic acids is 2. The first-order valence-electron chi connectivity index (χ1n) is 8.28. The molecule has 1 aliphatic rings. The summed E-state index contributed by atoms with van der Waals surface area (Å²) in [4.78, 5) is 27.0. The Kier molecular flexibility index (Phi) is 6.31. The third kappa shape index (κ3) is 5.10. The molecular formula is C16H20N6O2S2. The summed E-state index contributed by atoms with van der Waals surface area (Å²) in [5, 5.41) is 15.5. The number of carbonyl (C=O) groups is 2. The summed E-state index contributed by atoms with van der Waals surface area (Å²) in [6, 6.07) is 8.50. The Hall–Kier alpha value is -2.30. The maximum absolute atomic E-state index is 12.9. The number of H-pyrrole nitrogens is 1. The van der Waals surface area contributed by atoms with Crippen molar-refractivity contribution in [3.8, 4) is 0 Å². The maximum Gasteiger partial charge on any atom is 0.321 e. The fourth-order valence-corrected chi connectivity index (χ4v) is 3.51. The van der Waals surface area contributed by atoms with Crippen molar-refractivity contribution >= 4 is 40.6 Å². The van der Waals surface area contributed by atoms with Crippen LogP contribution in [0.15, 0.2) is 30.3 Å². The van der Waals surface area contributed by atoms with Crippen LogP contribution in [-0.2, 0) is 11.2 Å². The van der Waals surface area contributed by atoms with Gasteiger partial charge in [-0.1, -0.05) is 41.7 Å². The van der Waals surface area contributed by atoms with Crippen molar-refractivity contribution < 1.29 is 9.59 Å². The highest BCUT2D eigenvalue weighted by atomic mass is 32.1. The van der Waals surface area contributed by atoms with Crippen LogP contribution in [0.2, 0.25) is 0 Å². The molecule has 0 spiro atoms. The summed E-state index contributed by atoms with van der Waals surface area (Å²) in [7, 11) is 0. The molecule has 3 amide bonds. The predicted molar refractivity (Wildman–Crippen MR) is 103 cm³/mol. The molecule has 1 aromatic carbocycles. The highest BCUT2D eigenvalue weighted by Gasteiger charge is 2.27. The number of aromatic nitrogens is 2. The van der Waals surface area contributed by atoms with Gasteiger partial charge in [0.1, 0.15) is 6.04 Å². The molecule has 0 saturated carbocycles. The number of anilines is 1. The molecule has 1 saturated heterocycles. The third-order valence-electron chi connectivity index (χ3n) is 3.97. The fraction of sp³-hybridized carbons (Fsp3) is 0.375. The Morgan fingerprint density at radius 3 is 2.65 bits per heavy atom.